The summed E-state index contributed by atoms with van der Waals surface area (Å²) in [5.41, 5.74) is 1.34. The third-order valence-corrected chi connectivity index (χ3v) is 9.01. The number of carbonyl (C=O) groups excluding carboxylic acids is 1. The molecule has 0 spiro atoms. The van der Waals surface area contributed by atoms with Gasteiger partial charge in [0.2, 0.25) is 10.0 Å². The molecule has 164 valence electrons. The van der Waals surface area contributed by atoms with Gasteiger partial charge in [0.15, 0.2) is 0 Å². The normalized spacial score (nSPS) is 29.1. The second kappa shape index (κ2) is 8.06. The van der Waals surface area contributed by atoms with Crippen molar-refractivity contribution in [1.29, 1.82) is 0 Å². The molecule has 0 heterocycles. The summed E-state index contributed by atoms with van der Waals surface area (Å²) >= 11 is 0. The number of rotatable bonds is 7. The molecule has 2 N–H and O–H groups in total. The molecule has 2 aromatic carbocycles. The van der Waals surface area contributed by atoms with Gasteiger partial charge in [-0.05, 0) is 98.4 Å². The third-order valence-electron chi connectivity index (χ3n) is 7.55. The first kappa shape index (κ1) is 20.7. The van der Waals surface area contributed by atoms with Gasteiger partial charge in [-0.15, -0.1) is 0 Å². The summed E-state index contributed by atoms with van der Waals surface area (Å²) < 4.78 is 28.6. The van der Waals surface area contributed by atoms with Gasteiger partial charge in [0.1, 0.15) is 0 Å². The van der Waals surface area contributed by atoms with Crippen LogP contribution in [0.15, 0.2) is 59.5 Å². The fourth-order valence-electron chi connectivity index (χ4n) is 6.66. The SMILES string of the molecule is O=C(Nc1ccccc1)c1cccc(S(=O)(=O)NCCC23CC4CC(CC(C4)C2)C3)c1. The first-order valence-corrected chi connectivity index (χ1v) is 12.9. The molecule has 0 aliphatic heterocycles. The highest BCUT2D eigenvalue weighted by molar-refractivity contribution is 7.89. The molecule has 4 fully saturated rings. The maximum atomic E-state index is 12.9. The molecule has 0 unspecified atom stereocenters. The molecule has 0 saturated heterocycles. The van der Waals surface area contributed by atoms with Crippen LogP contribution in [0.1, 0.15) is 55.3 Å². The largest absolute Gasteiger partial charge is 0.322 e. The summed E-state index contributed by atoms with van der Waals surface area (Å²) in [5, 5.41) is 2.80. The van der Waals surface area contributed by atoms with Gasteiger partial charge in [0.25, 0.3) is 5.91 Å². The Bertz CT molecular complexity index is 1030. The Morgan fingerprint density at radius 2 is 1.55 bits per heavy atom. The quantitative estimate of drug-likeness (QED) is 0.651. The van der Waals surface area contributed by atoms with Crippen molar-refractivity contribution in [2.24, 2.45) is 23.2 Å². The first-order chi connectivity index (χ1) is 14.9. The zero-order valence-corrected chi connectivity index (χ0v) is 18.5. The van der Waals surface area contributed by atoms with Crippen molar-refractivity contribution in [2.75, 3.05) is 11.9 Å². The van der Waals surface area contributed by atoms with E-state index in [-0.39, 0.29) is 10.8 Å². The lowest BCUT2D eigenvalue weighted by molar-refractivity contribution is -0.0561. The van der Waals surface area contributed by atoms with Crippen molar-refractivity contribution in [3.63, 3.8) is 0 Å². The molecule has 4 saturated carbocycles. The van der Waals surface area contributed by atoms with E-state index in [4.69, 9.17) is 0 Å². The van der Waals surface area contributed by atoms with Crippen LogP contribution in [0.4, 0.5) is 5.69 Å². The molecule has 6 heteroatoms. The van der Waals surface area contributed by atoms with Crippen molar-refractivity contribution >= 4 is 21.6 Å². The van der Waals surface area contributed by atoms with Gasteiger partial charge in [0, 0.05) is 17.8 Å². The van der Waals surface area contributed by atoms with Crippen molar-refractivity contribution in [3.05, 3.63) is 60.2 Å². The van der Waals surface area contributed by atoms with E-state index in [1.54, 1.807) is 30.3 Å². The Labute approximate surface area is 184 Å². The standard InChI is InChI=1S/C25H30N2O3S/c28-24(27-22-6-2-1-3-7-22)21-5-4-8-23(14-21)31(29,30)26-10-9-25-15-18-11-19(16-25)13-20(12-18)17-25/h1-8,14,18-20,26H,9-13,15-17H2,(H,27,28). The molecular formula is C25H30N2O3S. The number of carbonyl (C=O) groups is 1. The van der Waals surface area contributed by atoms with Gasteiger partial charge < -0.3 is 5.32 Å². The lowest BCUT2D eigenvalue weighted by atomic mass is 9.49. The van der Waals surface area contributed by atoms with Crippen LogP contribution in [-0.2, 0) is 10.0 Å². The molecule has 0 radical (unpaired) electrons. The Morgan fingerprint density at radius 1 is 0.903 bits per heavy atom. The Kier molecular flexibility index (Phi) is 5.39. The smallest absolute Gasteiger partial charge is 0.255 e. The molecule has 1 amide bonds. The minimum Gasteiger partial charge on any atom is -0.322 e. The number of hydrogen-bond acceptors (Lipinski definition) is 3. The van der Waals surface area contributed by atoms with Gasteiger partial charge in [-0.2, -0.15) is 0 Å². The highest BCUT2D eigenvalue weighted by Gasteiger charge is 2.50. The number of hydrogen-bond donors (Lipinski definition) is 2. The summed E-state index contributed by atoms with van der Waals surface area (Å²) in [4.78, 5) is 12.7. The number of benzene rings is 2. The van der Waals surface area contributed by atoms with Crippen molar-refractivity contribution in [1.82, 2.24) is 4.72 Å². The number of para-hydroxylation sites is 1. The van der Waals surface area contributed by atoms with Gasteiger partial charge in [0.05, 0.1) is 4.90 Å². The summed E-state index contributed by atoms with van der Waals surface area (Å²) in [6.07, 6.45) is 8.92. The van der Waals surface area contributed by atoms with Crippen molar-refractivity contribution in [2.45, 2.75) is 49.8 Å². The fraction of sp³-hybridized carbons (Fsp3) is 0.480. The van der Waals surface area contributed by atoms with E-state index in [1.165, 1.54) is 44.6 Å². The first-order valence-electron chi connectivity index (χ1n) is 11.4. The molecule has 0 atom stereocenters. The zero-order chi connectivity index (χ0) is 21.5. The third kappa shape index (κ3) is 4.41. The highest BCUT2D eigenvalue weighted by Crippen LogP contribution is 2.61. The van der Waals surface area contributed by atoms with Crippen LogP contribution in [0.3, 0.4) is 0 Å². The average Bonchev–Trinajstić information content (AvgIpc) is 2.73. The van der Waals surface area contributed by atoms with Crippen LogP contribution < -0.4 is 10.0 Å². The molecule has 4 bridgehead atoms. The van der Waals surface area contributed by atoms with Crippen molar-refractivity contribution < 1.29 is 13.2 Å². The Hall–Kier alpha value is -2.18. The zero-order valence-electron chi connectivity index (χ0n) is 17.7. The number of amides is 1. The average molecular weight is 439 g/mol. The van der Waals surface area contributed by atoms with E-state index in [0.717, 1.165) is 24.2 Å². The van der Waals surface area contributed by atoms with E-state index in [0.29, 0.717) is 23.2 Å². The summed E-state index contributed by atoms with van der Waals surface area (Å²) in [5.74, 6) is 2.27. The van der Waals surface area contributed by atoms with E-state index in [9.17, 15) is 13.2 Å². The molecule has 4 aliphatic carbocycles. The second-order valence-electron chi connectivity index (χ2n) is 9.91. The monoisotopic (exact) mass is 438 g/mol. The minimum atomic E-state index is -3.65. The maximum absolute atomic E-state index is 12.9. The Balaban J connectivity index is 1.23. The fourth-order valence-corrected chi connectivity index (χ4v) is 7.74. The number of anilines is 1. The molecular weight excluding hydrogens is 408 g/mol. The van der Waals surface area contributed by atoms with Gasteiger partial charge in [-0.3, -0.25) is 4.79 Å². The predicted molar refractivity (Wildman–Crippen MR) is 121 cm³/mol. The molecule has 0 aromatic heterocycles. The van der Waals surface area contributed by atoms with Crippen LogP contribution in [-0.4, -0.2) is 20.9 Å². The summed E-state index contributed by atoms with van der Waals surface area (Å²) in [6, 6.07) is 15.4. The van der Waals surface area contributed by atoms with Gasteiger partial charge >= 0.3 is 0 Å². The van der Waals surface area contributed by atoms with E-state index < -0.39 is 10.0 Å². The molecule has 31 heavy (non-hydrogen) atoms. The predicted octanol–water partition coefficient (Wildman–Crippen LogP) is 4.82. The van der Waals surface area contributed by atoms with Gasteiger partial charge in [-0.25, -0.2) is 13.1 Å². The summed E-state index contributed by atoms with van der Waals surface area (Å²) in [7, 11) is -3.65. The van der Waals surface area contributed by atoms with Crippen LogP contribution in [0, 0.1) is 23.2 Å². The molecule has 4 aliphatic rings. The summed E-state index contributed by atoms with van der Waals surface area (Å²) in [6.45, 7) is 0.467. The second-order valence-corrected chi connectivity index (χ2v) is 11.7. The maximum Gasteiger partial charge on any atom is 0.255 e. The molecule has 2 aromatic rings. The van der Waals surface area contributed by atoms with Crippen LogP contribution in [0.2, 0.25) is 0 Å². The van der Waals surface area contributed by atoms with E-state index >= 15 is 0 Å². The van der Waals surface area contributed by atoms with E-state index in [2.05, 4.69) is 10.0 Å². The van der Waals surface area contributed by atoms with Crippen LogP contribution in [0.25, 0.3) is 0 Å². The molecule has 6 rings (SSSR count). The van der Waals surface area contributed by atoms with Crippen LogP contribution >= 0.6 is 0 Å². The lowest BCUT2D eigenvalue weighted by Crippen LogP contribution is -2.47. The topological polar surface area (TPSA) is 75.3 Å². The highest BCUT2D eigenvalue weighted by atomic mass is 32.2. The van der Waals surface area contributed by atoms with Crippen molar-refractivity contribution in [3.8, 4) is 0 Å². The Morgan fingerprint density at radius 3 is 2.19 bits per heavy atom. The number of sulfonamides is 1. The van der Waals surface area contributed by atoms with Crippen LogP contribution in [0.5, 0.6) is 0 Å². The van der Waals surface area contributed by atoms with E-state index in [1.807, 2.05) is 18.2 Å². The minimum absolute atomic E-state index is 0.138. The number of nitrogens with one attached hydrogen (secondary N) is 2. The molecule has 5 nitrogen and oxygen atoms in total. The van der Waals surface area contributed by atoms with Gasteiger partial charge in [-0.1, -0.05) is 24.3 Å². The lowest BCUT2D eigenvalue weighted by Gasteiger charge is -2.57.